The van der Waals surface area contributed by atoms with E-state index in [-0.39, 0.29) is 23.2 Å². The van der Waals surface area contributed by atoms with E-state index in [4.69, 9.17) is 0 Å². The Bertz CT molecular complexity index is 1160. The number of carbonyl (C=O) groups excluding carboxylic acids is 2. The fourth-order valence-corrected chi connectivity index (χ4v) is 4.53. The highest BCUT2D eigenvalue weighted by Gasteiger charge is 2.25. The van der Waals surface area contributed by atoms with Crippen LogP contribution in [0, 0.1) is 0 Å². The third-order valence-electron chi connectivity index (χ3n) is 6.24. The third-order valence-corrected chi connectivity index (χ3v) is 6.24. The van der Waals surface area contributed by atoms with E-state index in [1.165, 1.54) is 0 Å². The summed E-state index contributed by atoms with van der Waals surface area (Å²) in [6.45, 7) is 3.68. The summed E-state index contributed by atoms with van der Waals surface area (Å²) in [4.78, 5) is 39.7. The van der Waals surface area contributed by atoms with Crippen molar-refractivity contribution in [2.45, 2.75) is 57.7 Å². The van der Waals surface area contributed by atoms with Gasteiger partial charge < -0.3 is 15.2 Å². The monoisotopic (exact) mass is 457 g/mol. The Kier molecular flexibility index (Phi) is 7.26. The van der Waals surface area contributed by atoms with Gasteiger partial charge in [-0.05, 0) is 37.8 Å². The van der Waals surface area contributed by atoms with E-state index in [0.29, 0.717) is 0 Å². The second kappa shape index (κ2) is 10.5. The molecule has 0 unspecified atom stereocenters. The van der Waals surface area contributed by atoms with Gasteiger partial charge in [-0.15, -0.1) is 0 Å². The molecule has 2 amide bonds. The van der Waals surface area contributed by atoms with Crippen LogP contribution in [0.15, 0.2) is 77.9 Å². The minimum absolute atomic E-state index is 0.00391. The van der Waals surface area contributed by atoms with Crippen LogP contribution < -0.4 is 16.1 Å². The summed E-state index contributed by atoms with van der Waals surface area (Å²) in [5.41, 5.74) is 1.26. The lowest BCUT2D eigenvalue weighted by molar-refractivity contribution is 0.0939. The molecule has 0 aliphatic heterocycles. The number of pyridine rings is 1. The zero-order chi connectivity index (χ0) is 24.1. The van der Waals surface area contributed by atoms with Crippen LogP contribution in [0.4, 0.5) is 0 Å². The fraction of sp³-hybridized carbons (Fsp3) is 0.321. The van der Waals surface area contributed by atoms with Crippen molar-refractivity contribution in [3.8, 4) is 0 Å². The zero-order valence-electron chi connectivity index (χ0n) is 19.7. The van der Waals surface area contributed by atoms with Gasteiger partial charge in [0.25, 0.3) is 11.8 Å². The highest BCUT2D eigenvalue weighted by molar-refractivity contribution is 5.99. The minimum Gasteiger partial charge on any atom is -0.350 e. The molecule has 1 aliphatic rings. The van der Waals surface area contributed by atoms with Gasteiger partial charge in [0.15, 0.2) is 0 Å². The van der Waals surface area contributed by atoms with E-state index in [1.54, 1.807) is 12.4 Å². The van der Waals surface area contributed by atoms with Crippen LogP contribution in [0.3, 0.4) is 0 Å². The van der Waals surface area contributed by atoms with Gasteiger partial charge in [0.2, 0.25) is 5.43 Å². The molecule has 1 heterocycles. The average Bonchev–Trinajstić information content (AvgIpc) is 3.38. The molecule has 1 aliphatic carbocycles. The average molecular weight is 458 g/mol. The Balaban J connectivity index is 1.74. The van der Waals surface area contributed by atoms with Gasteiger partial charge >= 0.3 is 0 Å². The van der Waals surface area contributed by atoms with Crippen molar-refractivity contribution in [3.63, 3.8) is 0 Å². The number of nitrogens with one attached hydrogen (secondary N) is 2. The standard InChI is InChI=1S/C28H31N3O3/c1-19(2)29-27(33)23-17-31(22-15-9-10-16-22)18-24(26(23)32)28(34)30-25(20-11-5-3-6-12-20)21-13-7-4-8-14-21/h3-8,11-14,17-19,22,25H,9-10,15-16H2,1-2H3,(H,29,33)(H,30,34). The van der Waals surface area contributed by atoms with Crippen LogP contribution in [-0.2, 0) is 0 Å². The summed E-state index contributed by atoms with van der Waals surface area (Å²) in [7, 11) is 0. The first-order valence-electron chi connectivity index (χ1n) is 11.9. The van der Waals surface area contributed by atoms with Crippen LogP contribution in [0.1, 0.15) is 83.5 Å². The second-order valence-corrected chi connectivity index (χ2v) is 9.16. The second-order valence-electron chi connectivity index (χ2n) is 9.16. The van der Waals surface area contributed by atoms with Gasteiger partial charge in [0.05, 0.1) is 6.04 Å². The Morgan fingerprint density at radius 1 is 0.794 bits per heavy atom. The smallest absolute Gasteiger partial charge is 0.257 e. The maximum atomic E-state index is 13.5. The number of rotatable bonds is 7. The van der Waals surface area contributed by atoms with Gasteiger partial charge in [-0.25, -0.2) is 0 Å². The number of hydrogen-bond acceptors (Lipinski definition) is 3. The molecular weight excluding hydrogens is 426 g/mol. The van der Waals surface area contributed by atoms with Gasteiger partial charge in [-0.3, -0.25) is 14.4 Å². The molecule has 0 spiro atoms. The molecule has 4 rings (SSSR count). The Morgan fingerprint density at radius 2 is 1.26 bits per heavy atom. The van der Waals surface area contributed by atoms with Crippen molar-refractivity contribution in [2.24, 2.45) is 0 Å². The predicted octanol–water partition coefficient (Wildman–Crippen LogP) is 4.62. The third kappa shape index (κ3) is 5.28. The molecule has 2 N–H and O–H groups in total. The van der Waals surface area contributed by atoms with Crippen molar-refractivity contribution in [1.82, 2.24) is 15.2 Å². The van der Waals surface area contributed by atoms with Crippen molar-refractivity contribution in [1.29, 1.82) is 0 Å². The highest BCUT2D eigenvalue weighted by atomic mass is 16.2. The molecule has 3 aromatic rings. The van der Waals surface area contributed by atoms with Gasteiger partial charge in [0.1, 0.15) is 11.1 Å². The molecule has 34 heavy (non-hydrogen) atoms. The van der Waals surface area contributed by atoms with Gasteiger partial charge in [0, 0.05) is 24.5 Å². The Labute approximate surface area is 200 Å². The SMILES string of the molecule is CC(C)NC(=O)c1cn(C2CCCC2)cc(C(=O)NC(c2ccccc2)c2ccccc2)c1=O. The lowest BCUT2D eigenvalue weighted by Crippen LogP contribution is -2.38. The van der Waals surface area contributed by atoms with E-state index in [2.05, 4.69) is 10.6 Å². The van der Waals surface area contributed by atoms with Crippen molar-refractivity contribution >= 4 is 11.8 Å². The summed E-state index contributed by atoms with van der Waals surface area (Å²) in [6, 6.07) is 18.9. The van der Waals surface area contributed by atoms with Gasteiger partial charge in [-0.1, -0.05) is 73.5 Å². The van der Waals surface area contributed by atoms with Crippen molar-refractivity contribution < 1.29 is 9.59 Å². The van der Waals surface area contributed by atoms with Crippen LogP contribution in [0.2, 0.25) is 0 Å². The Morgan fingerprint density at radius 3 is 1.74 bits per heavy atom. The summed E-state index contributed by atoms with van der Waals surface area (Å²) in [5, 5.41) is 5.84. The van der Waals surface area contributed by atoms with E-state index < -0.39 is 23.3 Å². The molecule has 6 nitrogen and oxygen atoms in total. The maximum absolute atomic E-state index is 13.5. The number of hydrogen-bond donors (Lipinski definition) is 2. The van der Waals surface area contributed by atoms with Gasteiger partial charge in [-0.2, -0.15) is 0 Å². The van der Waals surface area contributed by atoms with Crippen molar-refractivity contribution in [3.05, 3.63) is 106 Å². The lowest BCUT2D eigenvalue weighted by Gasteiger charge is -2.21. The van der Waals surface area contributed by atoms with Crippen LogP contribution in [0.25, 0.3) is 0 Å². The van der Waals surface area contributed by atoms with Crippen LogP contribution in [-0.4, -0.2) is 22.4 Å². The number of benzene rings is 2. The summed E-state index contributed by atoms with van der Waals surface area (Å²) < 4.78 is 1.89. The minimum atomic E-state index is -0.551. The van der Waals surface area contributed by atoms with E-state index >= 15 is 0 Å². The molecule has 0 saturated heterocycles. The Hall–Kier alpha value is -3.67. The molecule has 2 aromatic carbocycles. The molecular formula is C28H31N3O3. The predicted molar refractivity (Wildman–Crippen MR) is 133 cm³/mol. The van der Waals surface area contributed by atoms with Crippen LogP contribution in [0.5, 0.6) is 0 Å². The first kappa shape index (κ1) is 23.5. The molecule has 0 atom stereocenters. The summed E-state index contributed by atoms with van der Waals surface area (Å²) in [5.74, 6) is -0.947. The summed E-state index contributed by atoms with van der Waals surface area (Å²) in [6.07, 6.45) is 7.34. The molecule has 6 heteroatoms. The molecule has 0 bridgehead atoms. The number of nitrogens with zero attached hydrogens (tertiary/aromatic N) is 1. The van der Waals surface area contributed by atoms with Crippen molar-refractivity contribution in [2.75, 3.05) is 0 Å². The summed E-state index contributed by atoms with van der Waals surface area (Å²) >= 11 is 0. The lowest BCUT2D eigenvalue weighted by atomic mass is 9.98. The molecule has 1 saturated carbocycles. The van der Waals surface area contributed by atoms with E-state index in [9.17, 15) is 14.4 Å². The maximum Gasteiger partial charge on any atom is 0.257 e. The van der Waals surface area contributed by atoms with E-state index in [1.807, 2.05) is 79.1 Å². The van der Waals surface area contributed by atoms with E-state index in [0.717, 1.165) is 36.8 Å². The molecule has 0 radical (unpaired) electrons. The normalized spacial score (nSPS) is 13.9. The fourth-order valence-electron chi connectivity index (χ4n) is 4.53. The first-order valence-corrected chi connectivity index (χ1v) is 11.9. The molecule has 176 valence electrons. The molecule has 1 fully saturated rings. The quantitative estimate of drug-likeness (QED) is 0.543. The number of amides is 2. The molecule has 1 aromatic heterocycles. The zero-order valence-corrected chi connectivity index (χ0v) is 19.7. The largest absolute Gasteiger partial charge is 0.350 e. The topological polar surface area (TPSA) is 80.2 Å². The number of aromatic nitrogens is 1. The number of carbonyl (C=O) groups is 2. The first-order chi connectivity index (χ1) is 16.4. The van der Waals surface area contributed by atoms with Crippen LogP contribution >= 0.6 is 0 Å². The highest BCUT2D eigenvalue weighted by Crippen LogP contribution is 2.29.